The summed E-state index contributed by atoms with van der Waals surface area (Å²) >= 11 is 0. The first-order valence-corrected chi connectivity index (χ1v) is 6.49. The van der Waals surface area contributed by atoms with E-state index in [-0.39, 0.29) is 0 Å². The van der Waals surface area contributed by atoms with Gasteiger partial charge in [-0.1, -0.05) is 56.9 Å². The SMILES string of the molecule is CCCCCC[C@@H]1CCc2ccccc21. The van der Waals surface area contributed by atoms with E-state index in [4.69, 9.17) is 0 Å². The molecule has 1 atom stereocenters. The van der Waals surface area contributed by atoms with E-state index >= 15 is 0 Å². The van der Waals surface area contributed by atoms with Gasteiger partial charge < -0.3 is 0 Å². The maximum absolute atomic E-state index is 2.34. The van der Waals surface area contributed by atoms with Crippen molar-refractivity contribution in [1.29, 1.82) is 0 Å². The topological polar surface area (TPSA) is 0 Å². The fraction of sp³-hybridized carbons (Fsp3) is 0.600. The summed E-state index contributed by atoms with van der Waals surface area (Å²) in [6, 6.07) is 9.02. The Morgan fingerprint density at radius 2 is 2.00 bits per heavy atom. The summed E-state index contributed by atoms with van der Waals surface area (Å²) in [6.07, 6.45) is 9.73. The summed E-state index contributed by atoms with van der Waals surface area (Å²) in [5.74, 6) is 0.873. The normalized spacial score (nSPS) is 19.1. The predicted octanol–water partition coefficient (Wildman–Crippen LogP) is 4.69. The largest absolute Gasteiger partial charge is 0.0654 e. The predicted molar refractivity (Wildman–Crippen MR) is 66.3 cm³/mol. The van der Waals surface area contributed by atoms with Gasteiger partial charge in [0.1, 0.15) is 0 Å². The van der Waals surface area contributed by atoms with Crippen molar-refractivity contribution in [3.8, 4) is 0 Å². The van der Waals surface area contributed by atoms with Crippen LogP contribution in [0.1, 0.15) is 62.5 Å². The van der Waals surface area contributed by atoms with Gasteiger partial charge in [0.15, 0.2) is 0 Å². The molecule has 0 aliphatic heterocycles. The molecule has 0 radical (unpaired) electrons. The standard InChI is InChI=1S/C15H22/c1-2-3-4-5-8-13-11-12-14-9-6-7-10-15(13)14/h6-7,9-10,13H,2-5,8,11-12H2,1H3/t13-/m1/s1. The van der Waals surface area contributed by atoms with Crippen LogP contribution in [0.4, 0.5) is 0 Å². The van der Waals surface area contributed by atoms with Crippen molar-refractivity contribution in [2.45, 2.75) is 57.8 Å². The summed E-state index contributed by atoms with van der Waals surface area (Å²) in [4.78, 5) is 0. The zero-order chi connectivity index (χ0) is 10.5. The van der Waals surface area contributed by atoms with E-state index in [9.17, 15) is 0 Å². The molecule has 0 heterocycles. The highest BCUT2D eigenvalue weighted by Crippen LogP contribution is 2.36. The minimum Gasteiger partial charge on any atom is -0.0654 e. The van der Waals surface area contributed by atoms with Crippen LogP contribution in [-0.4, -0.2) is 0 Å². The molecule has 0 aromatic heterocycles. The lowest BCUT2D eigenvalue weighted by Crippen LogP contribution is -1.93. The highest BCUT2D eigenvalue weighted by molar-refractivity contribution is 5.34. The number of aryl methyl sites for hydroxylation is 1. The van der Waals surface area contributed by atoms with E-state index in [1.54, 1.807) is 11.1 Å². The molecule has 0 unspecified atom stereocenters. The van der Waals surface area contributed by atoms with E-state index in [2.05, 4.69) is 31.2 Å². The van der Waals surface area contributed by atoms with E-state index in [1.165, 1.54) is 44.9 Å². The van der Waals surface area contributed by atoms with Gasteiger partial charge in [0.05, 0.1) is 0 Å². The summed E-state index contributed by atoms with van der Waals surface area (Å²) in [6.45, 7) is 2.28. The van der Waals surface area contributed by atoms with Crippen LogP contribution in [0.2, 0.25) is 0 Å². The average molecular weight is 202 g/mol. The molecule has 0 amide bonds. The summed E-state index contributed by atoms with van der Waals surface area (Å²) in [7, 11) is 0. The minimum atomic E-state index is 0.873. The van der Waals surface area contributed by atoms with Gasteiger partial charge in [-0.2, -0.15) is 0 Å². The molecule has 0 saturated heterocycles. The van der Waals surface area contributed by atoms with E-state index < -0.39 is 0 Å². The Bertz CT molecular complexity index is 301. The van der Waals surface area contributed by atoms with Crippen LogP contribution in [0.5, 0.6) is 0 Å². The lowest BCUT2D eigenvalue weighted by atomic mass is 9.95. The first kappa shape index (κ1) is 10.7. The zero-order valence-electron chi connectivity index (χ0n) is 9.84. The van der Waals surface area contributed by atoms with Gasteiger partial charge in [-0.05, 0) is 36.3 Å². The van der Waals surface area contributed by atoms with Crippen LogP contribution >= 0.6 is 0 Å². The molecule has 0 heteroatoms. The average Bonchev–Trinajstić information content (AvgIpc) is 2.68. The second kappa shape index (κ2) is 5.34. The molecule has 0 nitrogen and oxygen atoms in total. The summed E-state index contributed by atoms with van der Waals surface area (Å²) in [5, 5.41) is 0. The van der Waals surface area contributed by atoms with Gasteiger partial charge >= 0.3 is 0 Å². The molecule has 1 aromatic carbocycles. The van der Waals surface area contributed by atoms with Gasteiger partial charge in [0.25, 0.3) is 0 Å². The maximum Gasteiger partial charge on any atom is -0.0156 e. The van der Waals surface area contributed by atoms with Crippen molar-refractivity contribution < 1.29 is 0 Å². The molecule has 15 heavy (non-hydrogen) atoms. The number of benzene rings is 1. The van der Waals surface area contributed by atoms with Gasteiger partial charge in [0.2, 0.25) is 0 Å². The second-order valence-electron chi connectivity index (χ2n) is 4.78. The molecule has 1 aliphatic carbocycles. The first-order valence-electron chi connectivity index (χ1n) is 6.49. The van der Waals surface area contributed by atoms with Crippen LogP contribution in [-0.2, 0) is 6.42 Å². The van der Waals surface area contributed by atoms with Gasteiger partial charge in [-0.25, -0.2) is 0 Å². The highest BCUT2D eigenvalue weighted by atomic mass is 14.3. The number of fused-ring (bicyclic) bond motifs is 1. The minimum absolute atomic E-state index is 0.873. The smallest absolute Gasteiger partial charge is 0.0156 e. The van der Waals surface area contributed by atoms with Gasteiger partial charge in [-0.3, -0.25) is 0 Å². The van der Waals surface area contributed by atoms with Crippen molar-refractivity contribution >= 4 is 0 Å². The Kier molecular flexibility index (Phi) is 3.82. The molecular weight excluding hydrogens is 180 g/mol. The van der Waals surface area contributed by atoms with Crippen LogP contribution in [0, 0.1) is 0 Å². The van der Waals surface area contributed by atoms with Gasteiger partial charge in [0, 0.05) is 0 Å². The third-order valence-electron chi connectivity index (χ3n) is 3.66. The number of hydrogen-bond acceptors (Lipinski definition) is 0. The maximum atomic E-state index is 2.34. The molecule has 0 spiro atoms. The van der Waals surface area contributed by atoms with Crippen molar-refractivity contribution in [2.24, 2.45) is 0 Å². The molecule has 0 saturated carbocycles. The third-order valence-corrected chi connectivity index (χ3v) is 3.66. The van der Waals surface area contributed by atoms with E-state index in [1.807, 2.05) is 0 Å². The van der Waals surface area contributed by atoms with Crippen molar-refractivity contribution in [1.82, 2.24) is 0 Å². The molecule has 0 fully saturated rings. The molecule has 0 N–H and O–H groups in total. The lowest BCUT2D eigenvalue weighted by molar-refractivity contribution is 0.551. The Morgan fingerprint density at radius 3 is 2.87 bits per heavy atom. The van der Waals surface area contributed by atoms with Gasteiger partial charge in [-0.15, -0.1) is 0 Å². The monoisotopic (exact) mass is 202 g/mol. The quantitative estimate of drug-likeness (QED) is 0.608. The number of rotatable bonds is 5. The Morgan fingerprint density at radius 1 is 1.13 bits per heavy atom. The summed E-state index contributed by atoms with van der Waals surface area (Å²) < 4.78 is 0. The van der Waals surface area contributed by atoms with Crippen LogP contribution in [0.3, 0.4) is 0 Å². The summed E-state index contributed by atoms with van der Waals surface area (Å²) in [5.41, 5.74) is 3.26. The fourth-order valence-electron chi connectivity index (χ4n) is 2.76. The second-order valence-corrected chi connectivity index (χ2v) is 4.78. The van der Waals surface area contributed by atoms with E-state index in [0.29, 0.717) is 0 Å². The Hall–Kier alpha value is -0.780. The molecule has 1 aliphatic rings. The van der Waals surface area contributed by atoms with Crippen LogP contribution < -0.4 is 0 Å². The fourth-order valence-corrected chi connectivity index (χ4v) is 2.76. The third kappa shape index (κ3) is 2.62. The van der Waals surface area contributed by atoms with E-state index in [0.717, 1.165) is 5.92 Å². The molecule has 1 aromatic rings. The van der Waals surface area contributed by atoms with Crippen molar-refractivity contribution in [3.63, 3.8) is 0 Å². The lowest BCUT2D eigenvalue weighted by Gasteiger charge is -2.10. The van der Waals surface area contributed by atoms with Crippen molar-refractivity contribution in [3.05, 3.63) is 35.4 Å². The highest BCUT2D eigenvalue weighted by Gasteiger charge is 2.20. The Balaban J connectivity index is 1.85. The number of unbranched alkanes of at least 4 members (excludes halogenated alkanes) is 3. The molecular formula is C15H22. The molecule has 82 valence electrons. The van der Waals surface area contributed by atoms with Crippen LogP contribution in [0.15, 0.2) is 24.3 Å². The first-order chi connectivity index (χ1) is 7.42. The zero-order valence-corrected chi connectivity index (χ0v) is 9.84. The van der Waals surface area contributed by atoms with Crippen molar-refractivity contribution in [2.75, 3.05) is 0 Å². The Labute approximate surface area is 93.7 Å². The molecule has 2 rings (SSSR count). The van der Waals surface area contributed by atoms with Crippen LogP contribution in [0.25, 0.3) is 0 Å². The number of hydrogen-bond donors (Lipinski definition) is 0. The molecule has 0 bridgehead atoms.